The molecule has 1 fully saturated rings. The molecule has 2 unspecified atom stereocenters. The molecule has 1 saturated heterocycles. The number of rotatable bonds is 0. The summed E-state index contributed by atoms with van der Waals surface area (Å²) in [5, 5.41) is 4.03. The number of nitrogens with zero attached hydrogens (tertiary/aromatic N) is 1. The summed E-state index contributed by atoms with van der Waals surface area (Å²) < 4.78 is 17.6. The predicted octanol–water partition coefficient (Wildman–Crippen LogP) is 0.262. The third kappa shape index (κ3) is 8.42. The van der Waals surface area contributed by atoms with Crippen molar-refractivity contribution < 1.29 is 8.76 Å². The van der Waals surface area contributed by atoms with Gasteiger partial charge in [0, 0.05) is 17.3 Å². The summed E-state index contributed by atoms with van der Waals surface area (Å²) in [6.45, 7) is 3.59. The zero-order valence-corrected chi connectivity index (χ0v) is 8.99. The van der Waals surface area contributed by atoms with E-state index in [2.05, 4.69) is 24.0 Å². The summed E-state index contributed by atoms with van der Waals surface area (Å²) in [7, 11) is 2.19. The minimum atomic E-state index is -2.36. The van der Waals surface area contributed by atoms with Crippen LogP contribution < -0.4 is 5.14 Å². The quantitative estimate of drug-likeness (QED) is 0.590. The lowest BCUT2D eigenvalue weighted by Gasteiger charge is -2.12. The molecule has 1 aliphatic heterocycles. The molecule has 1 rings (SSSR count). The topological polar surface area (TPSA) is 69.4 Å². The molecule has 12 heavy (non-hydrogen) atoms. The van der Waals surface area contributed by atoms with Gasteiger partial charge in [-0.2, -0.15) is 0 Å². The van der Waals surface area contributed by atoms with Crippen molar-refractivity contribution in [1.29, 1.82) is 0 Å². The smallest absolute Gasteiger partial charge is 0.0152 e. The minimum Gasteiger partial charge on any atom is -0.760 e. The van der Waals surface area contributed by atoms with Crippen LogP contribution in [0.1, 0.15) is 19.8 Å². The van der Waals surface area contributed by atoms with Crippen molar-refractivity contribution in [2.45, 2.75) is 25.8 Å². The van der Waals surface area contributed by atoms with E-state index < -0.39 is 11.3 Å². The van der Waals surface area contributed by atoms with Crippen molar-refractivity contribution in [2.75, 3.05) is 13.6 Å². The van der Waals surface area contributed by atoms with Gasteiger partial charge in [-0.1, -0.05) is 0 Å². The van der Waals surface area contributed by atoms with Gasteiger partial charge in [0.15, 0.2) is 0 Å². The molecule has 0 spiro atoms. The van der Waals surface area contributed by atoms with Crippen LogP contribution in [0, 0.1) is 0 Å². The van der Waals surface area contributed by atoms with Crippen LogP contribution in [0.3, 0.4) is 0 Å². The lowest BCUT2D eigenvalue weighted by molar-refractivity contribution is 0.331. The monoisotopic (exact) mass is 215 g/mol. The van der Waals surface area contributed by atoms with E-state index in [0.717, 1.165) is 6.04 Å². The molecule has 1 heterocycles. The first-order chi connectivity index (χ1) is 5.04. The van der Waals surface area contributed by atoms with Crippen LogP contribution in [0.5, 0.6) is 0 Å². The molecule has 0 saturated carbocycles. The molecule has 1 aliphatic rings. The zero-order chi connectivity index (χ0) is 8.85. The van der Waals surface area contributed by atoms with Crippen LogP contribution in [0.15, 0.2) is 0 Å². The molecule has 0 aromatic carbocycles. The number of nitrogens with two attached hydrogens (primary N) is 1. The lowest BCUT2D eigenvalue weighted by Crippen LogP contribution is -2.20. The highest BCUT2D eigenvalue weighted by molar-refractivity contribution is 7.76. The van der Waals surface area contributed by atoms with Gasteiger partial charge >= 0.3 is 0 Å². The maximum atomic E-state index is 8.78. The van der Waals surface area contributed by atoms with E-state index in [0.29, 0.717) is 0 Å². The number of halogens is 1. The van der Waals surface area contributed by atoms with Crippen LogP contribution in [0.2, 0.25) is 0 Å². The molecule has 0 radical (unpaired) electrons. The van der Waals surface area contributed by atoms with Crippen LogP contribution in [-0.4, -0.2) is 33.3 Å². The van der Waals surface area contributed by atoms with Crippen LogP contribution in [-0.2, 0) is 11.3 Å². The Kier molecular flexibility index (Phi) is 9.81. The second-order valence-electron chi connectivity index (χ2n) is 2.73. The van der Waals surface area contributed by atoms with Gasteiger partial charge < -0.3 is 9.45 Å². The normalized spacial score (nSPS) is 25.2. The summed E-state index contributed by atoms with van der Waals surface area (Å²) in [5.74, 6) is 0. The van der Waals surface area contributed by atoms with Gasteiger partial charge in [0.2, 0.25) is 0 Å². The molecule has 0 amide bonds. The van der Waals surface area contributed by atoms with Gasteiger partial charge in [-0.15, -0.1) is 12.4 Å². The molecule has 2 atom stereocenters. The summed E-state index contributed by atoms with van der Waals surface area (Å²) in [4.78, 5) is 2.40. The maximum Gasteiger partial charge on any atom is 0.0152 e. The van der Waals surface area contributed by atoms with E-state index in [-0.39, 0.29) is 12.4 Å². The third-order valence-electron chi connectivity index (χ3n) is 1.89. The van der Waals surface area contributed by atoms with Crippen molar-refractivity contribution >= 4 is 23.7 Å². The molecule has 2 N–H and O–H groups in total. The molecule has 0 aliphatic carbocycles. The molecule has 0 bridgehead atoms. The summed E-state index contributed by atoms with van der Waals surface area (Å²) in [6.07, 6.45) is 2.80. The summed E-state index contributed by atoms with van der Waals surface area (Å²) >= 11 is -2.36. The Morgan fingerprint density at radius 2 is 2.08 bits per heavy atom. The fourth-order valence-electron chi connectivity index (χ4n) is 1.08. The zero-order valence-electron chi connectivity index (χ0n) is 7.36. The second-order valence-corrected chi connectivity index (χ2v) is 3.25. The molecule has 0 aromatic heterocycles. The van der Waals surface area contributed by atoms with Gasteiger partial charge in [0.25, 0.3) is 0 Å². The van der Waals surface area contributed by atoms with Gasteiger partial charge in [-0.05, 0) is 33.4 Å². The fraction of sp³-hybridized carbons (Fsp3) is 1.00. The Morgan fingerprint density at radius 1 is 1.67 bits per heavy atom. The number of hydrogen-bond acceptors (Lipinski definition) is 3. The molecule has 0 aromatic rings. The predicted molar refractivity (Wildman–Crippen MR) is 51.7 cm³/mol. The van der Waals surface area contributed by atoms with Crippen molar-refractivity contribution in [1.82, 2.24) is 4.90 Å². The van der Waals surface area contributed by atoms with Crippen LogP contribution in [0.25, 0.3) is 0 Å². The SMILES string of the molecule is CC1CCCN1C.Cl.NS(=O)[O-]. The highest BCUT2D eigenvalue weighted by atomic mass is 35.5. The Labute approximate surface area is 82.3 Å². The lowest BCUT2D eigenvalue weighted by atomic mass is 10.3. The second kappa shape index (κ2) is 7.94. The highest BCUT2D eigenvalue weighted by Crippen LogP contribution is 2.12. The van der Waals surface area contributed by atoms with E-state index in [4.69, 9.17) is 8.76 Å². The van der Waals surface area contributed by atoms with E-state index in [9.17, 15) is 0 Å². The van der Waals surface area contributed by atoms with Crippen molar-refractivity contribution in [2.24, 2.45) is 5.14 Å². The van der Waals surface area contributed by atoms with Gasteiger partial charge in [0.05, 0.1) is 0 Å². The van der Waals surface area contributed by atoms with E-state index in [1.807, 2.05) is 0 Å². The Hall–Kier alpha value is 0.320. The molecule has 76 valence electrons. The van der Waals surface area contributed by atoms with Crippen LogP contribution in [0.4, 0.5) is 0 Å². The average Bonchev–Trinajstić information content (AvgIpc) is 2.15. The highest BCUT2D eigenvalue weighted by Gasteiger charge is 2.14. The Morgan fingerprint density at radius 3 is 2.17 bits per heavy atom. The summed E-state index contributed by atoms with van der Waals surface area (Å²) in [5.41, 5.74) is 0. The van der Waals surface area contributed by atoms with Gasteiger partial charge in [-0.25, -0.2) is 0 Å². The van der Waals surface area contributed by atoms with Crippen molar-refractivity contribution in [3.05, 3.63) is 0 Å². The van der Waals surface area contributed by atoms with Crippen molar-refractivity contribution in [3.8, 4) is 0 Å². The first kappa shape index (κ1) is 14.8. The Balaban J connectivity index is 0. The van der Waals surface area contributed by atoms with E-state index in [1.165, 1.54) is 19.4 Å². The number of hydrogen-bond donors (Lipinski definition) is 1. The summed E-state index contributed by atoms with van der Waals surface area (Å²) in [6, 6.07) is 0.847. The van der Waals surface area contributed by atoms with Crippen LogP contribution >= 0.6 is 12.4 Å². The molecule has 6 heteroatoms. The molecular weight excluding hydrogens is 200 g/mol. The fourth-order valence-corrected chi connectivity index (χ4v) is 1.08. The molecule has 4 nitrogen and oxygen atoms in total. The minimum absolute atomic E-state index is 0. The largest absolute Gasteiger partial charge is 0.760 e. The third-order valence-corrected chi connectivity index (χ3v) is 1.89. The average molecular weight is 216 g/mol. The maximum absolute atomic E-state index is 8.78. The molecular formula is C6H16ClN2O2S-. The number of likely N-dealkylation sites (tertiary alicyclic amines) is 1. The van der Waals surface area contributed by atoms with Gasteiger partial charge in [-0.3, -0.25) is 9.35 Å². The first-order valence-electron chi connectivity index (χ1n) is 3.58. The van der Waals surface area contributed by atoms with Gasteiger partial charge in [0.1, 0.15) is 0 Å². The van der Waals surface area contributed by atoms with E-state index >= 15 is 0 Å². The standard InChI is InChI=1S/C6H13N.ClH.H3NO2S/c1-6-4-3-5-7(6)2;;1-4(2)3/h6H,3-5H2,1-2H3;1H;1H2,(H,2,3)/p-1. The first-order valence-corrected chi connectivity index (χ1v) is 4.71. The Bertz CT molecular complexity index is 125. The van der Waals surface area contributed by atoms with Crippen molar-refractivity contribution in [3.63, 3.8) is 0 Å². The van der Waals surface area contributed by atoms with E-state index in [1.54, 1.807) is 0 Å².